The van der Waals surface area contributed by atoms with Crippen molar-refractivity contribution >= 4 is 22.0 Å². The zero-order valence-electron chi connectivity index (χ0n) is 14.9. The SMILES string of the molecule is CCO/N=C\c1ccc(OS(=O)(=O)c2ccc(C)c([N+](=O)[O-])c2)c(OC)c1. The smallest absolute Gasteiger partial charge is 0.339 e. The van der Waals surface area contributed by atoms with Crippen molar-refractivity contribution < 1.29 is 27.1 Å². The molecule has 0 fully saturated rings. The van der Waals surface area contributed by atoms with E-state index in [9.17, 15) is 18.5 Å². The number of ether oxygens (including phenoxy) is 1. The molecule has 0 bridgehead atoms. The molecule has 0 aromatic heterocycles. The van der Waals surface area contributed by atoms with Crippen LogP contribution < -0.4 is 8.92 Å². The summed E-state index contributed by atoms with van der Waals surface area (Å²) in [6.07, 6.45) is 1.44. The van der Waals surface area contributed by atoms with E-state index in [1.165, 1.54) is 44.5 Å². The Morgan fingerprint density at radius 3 is 2.56 bits per heavy atom. The summed E-state index contributed by atoms with van der Waals surface area (Å²) in [4.78, 5) is 14.9. The first-order valence-corrected chi connectivity index (χ1v) is 9.22. The molecule has 0 spiro atoms. The van der Waals surface area contributed by atoms with E-state index in [1.54, 1.807) is 13.0 Å². The van der Waals surface area contributed by atoms with Gasteiger partial charge in [0.1, 0.15) is 11.5 Å². The summed E-state index contributed by atoms with van der Waals surface area (Å²) >= 11 is 0. The Morgan fingerprint density at radius 2 is 1.93 bits per heavy atom. The third-order valence-corrected chi connectivity index (χ3v) is 4.69. The number of nitro groups is 1. The lowest BCUT2D eigenvalue weighted by Crippen LogP contribution is -2.11. The molecular formula is C17H18N2O7S. The van der Waals surface area contributed by atoms with Crippen LogP contribution in [0.25, 0.3) is 0 Å². The Kier molecular flexibility index (Phi) is 6.35. The molecule has 0 aliphatic heterocycles. The number of benzene rings is 2. The van der Waals surface area contributed by atoms with Crippen LogP contribution in [0.15, 0.2) is 46.4 Å². The van der Waals surface area contributed by atoms with Crippen LogP contribution in [0.4, 0.5) is 5.69 Å². The van der Waals surface area contributed by atoms with E-state index < -0.39 is 15.0 Å². The van der Waals surface area contributed by atoms with Crippen molar-refractivity contribution in [2.24, 2.45) is 5.16 Å². The van der Waals surface area contributed by atoms with Crippen molar-refractivity contribution in [2.45, 2.75) is 18.7 Å². The molecule has 0 radical (unpaired) electrons. The molecule has 0 saturated carbocycles. The second-order valence-electron chi connectivity index (χ2n) is 5.31. The summed E-state index contributed by atoms with van der Waals surface area (Å²) in [6, 6.07) is 8.02. The van der Waals surface area contributed by atoms with E-state index in [0.29, 0.717) is 17.7 Å². The van der Waals surface area contributed by atoms with Gasteiger partial charge >= 0.3 is 10.1 Å². The molecule has 10 heteroatoms. The number of oxime groups is 1. The third-order valence-electron chi connectivity index (χ3n) is 3.46. The second-order valence-corrected chi connectivity index (χ2v) is 6.85. The summed E-state index contributed by atoms with van der Waals surface area (Å²) < 4.78 is 35.3. The minimum Gasteiger partial charge on any atom is -0.493 e. The summed E-state index contributed by atoms with van der Waals surface area (Å²) in [6.45, 7) is 3.71. The highest BCUT2D eigenvalue weighted by molar-refractivity contribution is 7.87. The van der Waals surface area contributed by atoms with Gasteiger partial charge in [-0.2, -0.15) is 8.42 Å². The minimum atomic E-state index is -4.30. The van der Waals surface area contributed by atoms with E-state index in [1.807, 2.05) is 0 Å². The van der Waals surface area contributed by atoms with E-state index in [2.05, 4.69) is 5.16 Å². The number of hydrogen-bond acceptors (Lipinski definition) is 8. The first kappa shape index (κ1) is 20.2. The van der Waals surface area contributed by atoms with Gasteiger partial charge in [0.2, 0.25) is 0 Å². The summed E-state index contributed by atoms with van der Waals surface area (Å²) in [5.74, 6) is 0.0925. The molecule has 2 aromatic rings. The van der Waals surface area contributed by atoms with Gasteiger partial charge in [-0.3, -0.25) is 10.1 Å². The molecule has 2 aromatic carbocycles. The fraction of sp³-hybridized carbons (Fsp3) is 0.235. The normalized spacial score (nSPS) is 11.4. The molecule has 0 saturated heterocycles. The first-order valence-electron chi connectivity index (χ1n) is 7.81. The fourth-order valence-corrected chi connectivity index (χ4v) is 3.07. The van der Waals surface area contributed by atoms with Crippen LogP contribution in [0.1, 0.15) is 18.1 Å². The quantitative estimate of drug-likeness (QED) is 0.292. The minimum absolute atomic E-state index is 0.0608. The standard InChI is InChI=1S/C17H18N2O7S/c1-4-25-18-11-13-6-8-16(17(9-13)24-3)26-27(22,23)14-7-5-12(2)15(10-14)19(20)21/h5-11H,4H2,1-3H3/b18-11-. The van der Waals surface area contributed by atoms with Crippen molar-refractivity contribution in [3.05, 3.63) is 57.6 Å². The van der Waals surface area contributed by atoms with E-state index >= 15 is 0 Å². The highest BCUT2D eigenvalue weighted by atomic mass is 32.2. The molecule has 144 valence electrons. The number of rotatable bonds is 8. The Morgan fingerprint density at radius 1 is 1.19 bits per heavy atom. The van der Waals surface area contributed by atoms with Crippen LogP contribution in [0, 0.1) is 17.0 Å². The zero-order chi connectivity index (χ0) is 20.0. The topological polar surface area (TPSA) is 117 Å². The Balaban J connectivity index is 2.35. The van der Waals surface area contributed by atoms with Crippen molar-refractivity contribution in [2.75, 3.05) is 13.7 Å². The van der Waals surface area contributed by atoms with Crippen molar-refractivity contribution in [3.63, 3.8) is 0 Å². The number of methoxy groups -OCH3 is 1. The molecule has 27 heavy (non-hydrogen) atoms. The molecule has 0 unspecified atom stereocenters. The summed E-state index contributed by atoms with van der Waals surface area (Å²) in [5, 5.41) is 14.8. The van der Waals surface area contributed by atoms with Crippen molar-refractivity contribution in [1.29, 1.82) is 0 Å². The van der Waals surface area contributed by atoms with Gasteiger partial charge in [0.15, 0.2) is 11.5 Å². The lowest BCUT2D eigenvalue weighted by Gasteiger charge is -2.11. The largest absolute Gasteiger partial charge is 0.493 e. The third kappa shape index (κ3) is 4.94. The maximum Gasteiger partial charge on any atom is 0.339 e. The van der Waals surface area contributed by atoms with Crippen LogP contribution in [0.2, 0.25) is 0 Å². The zero-order valence-corrected chi connectivity index (χ0v) is 15.7. The molecule has 0 N–H and O–H groups in total. The number of aryl methyl sites for hydroxylation is 1. The lowest BCUT2D eigenvalue weighted by atomic mass is 10.2. The Hall–Kier alpha value is -3.14. The summed E-state index contributed by atoms with van der Waals surface area (Å²) in [5.41, 5.74) is 0.639. The average Bonchev–Trinajstić information content (AvgIpc) is 2.62. The molecule has 0 amide bonds. The number of nitro benzene ring substituents is 1. The molecule has 0 aliphatic rings. The molecule has 9 nitrogen and oxygen atoms in total. The van der Waals surface area contributed by atoms with Crippen LogP contribution in [0.5, 0.6) is 11.5 Å². The van der Waals surface area contributed by atoms with Crippen molar-refractivity contribution in [1.82, 2.24) is 0 Å². The molecular weight excluding hydrogens is 376 g/mol. The predicted octanol–water partition coefficient (Wildman–Crippen LogP) is 3.05. The van der Waals surface area contributed by atoms with E-state index in [-0.39, 0.29) is 22.1 Å². The van der Waals surface area contributed by atoms with Crippen LogP contribution in [0.3, 0.4) is 0 Å². The fourth-order valence-electron chi connectivity index (χ4n) is 2.11. The number of nitrogens with zero attached hydrogens (tertiary/aromatic N) is 2. The second kappa shape index (κ2) is 8.49. The average molecular weight is 394 g/mol. The van der Waals surface area contributed by atoms with Gasteiger partial charge in [-0.25, -0.2) is 0 Å². The van der Waals surface area contributed by atoms with Gasteiger partial charge in [0.25, 0.3) is 5.69 Å². The molecule has 0 heterocycles. The monoisotopic (exact) mass is 394 g/mol. The van der Waals surface area contributed by atoms with Crippen LogP contribution in [-0.4, -0.2) is 33.3 Å². The van der Waals surface area contributed by atoms with Gasteiger partial charge in [-0.15, -0.1) is 0 Å². The van der Waals surface area contributed by atoms with Gasteiger partial charge in [-0.05, 0) is 38.1 Å². The van der Waals surface area contributed by atoms with Gasteiger partial charge in [0, 0.05) is 17.2 Å². The molecule has 0 atom stereocenters. The highest BCUT2D eigenvalue weighted by Crippen LogP contribution is 2.31. The molecule has 2 rings (SSSR count). The highest BCUT2D eigenvalue weighted by Gasteiger charge is 2.23. The van der Waals surface area contributed by atoms with E-state index in [4.69, 9.17) is 13.8 Å². The maximum atomic E-state index is 12.5. The van der Waals surface area contributed by atoms with E-state index in [0.717, 1.165) is 6.07 Å². The van der Waals surface area contributed by atoms with Gasteiger partial charge in [0.05, 0.1) is 18.2 Å². The molecule has 0 aliphatic carbocycles. The maximum absolute atomic E-state index is 12.5. The van der Waals surface area contributed by atoms with Crippen LogP contribution in [-0.2, 0) is 15.0 Å². The number of hydrogen-bond donors (Lipinski definition) is 0. The summed E-state index contributed by atoms with van der Waals surface area (Å²) in [7, 11) is -2.94. The van der Waals surface area contributed by atoms with Crippen molar-refractivity contribution in [3.8, 4) is 11.5 Å². The first-order chi connectivity index (χ1) is 12.8. The Bertz CT molecular complexity index is 971. The Labute approximate surface area is 156 Å². The van der Waals surface area contributed by atoms with Crippen LogP contribution >= 0.6 is 0 Å². The van der Waals surface area contributed by atoms with Gasteiger partial charge in [-0.1, -0.05) is 11.2 Å². The van der Waals surface area contributed by atoms with Gasteiger partial charge < -0.3 is 13.8 Å². The predicted molar refractivity (Wildman–Crippen MR) is 97.9 cm³/mol. The lowest BCUT2D eigenvalue weighted by molar-refractivity contribution is -0.385.